The second-order valence-electron chi connectivity index (χ2n) is 5.45. The van der Waals surface area contributed by atoms with E-state index in [-0.39, 0.29) is 24.5 Å². The van der Waals surface area contributed by atoms with Crippen molar-refractivity contribution >= 4 is 23.6 Å². The van der Waals surface area contributed by atoms with E-state index >= 15 is 0 Å². The molecule has 22 heavy (non-hydrogen) atoms. The van der Waals surface area contributed by atoms with Crippen molar-refractivity contribution in [2.45, 2.75) is 36.7 Å². The molecule has 0 bridgehead atoms. The predicted molar refractivity (Wildman–Crippen MR) is 87.4 cm³/mol. The number of likely N-dealkylation sites (N-methyl/N-ethyl adjacent to an activating group) is 1. The van der Waals surface area contributed by atoms with Gasteiger partial charge in [0, 0.05) is 17.0 Å². The molecule has 0 atom stereocenters. The highest BCUT2D eigenvalue weighted by Gasteiger charge is 2.34. The molecule has 2 N–H and O–H groups in total. The minimum atomic E-state index is -0.803. The van der Waals surface area contributed by atoms with E-state index in [0.717, 1.165) is 17.7 Å². The summed E-state index contributed by atoms with van der Waals surface area (Å²) < 4.78 is 0. The number of carbonyl (C=O) groups is 2. The Hall–Kier alpha value is -1.53. The molecule has 1 aliphatic rings. The molecular formula is C16H22N2O3S. The topological polar surface area (TPSA) is 69.6 Å². The summed E-state index contributed by atoms with van der Waals surface area (Å²) in [6.07, 6.45) is 3.58. The van der Waals surface area contributed by atoms with E-state index in [9.17, 15) is 9.59 Å². The van der Waals surface area contributed by atoms with Gasteiger partial charge in [0.25, 0.3) is 5.91 Å². The lowest BCUT2D eigenvalue weighted by Gasteiger charge is -2.42. The first-order valence-corrected chi connectivity index (χ1v) is 8.67. The number of carbonyl (C=O) groups excluding carboxylic acids is 1. The lowest BCUT2D eigenvalue weighted by atomic mass is 9.85. The van der Waals surface area contributed by atoms with Gasteiger partial charge in [0.2, 0.25) is 0 Å². The summed E-state index contributed by atoms with van der Waals surface area (Å²) in [5.41, 5.74) is 0.705. The SMILES string of the molecule is CCN(CC(=O)O)C1CC(NC(=O)c2ccccc2SC)C1. The largest absolute Gasteiger partial charge is 0.480 e. The zero-order valence-corrected chi connectivity index (χ0v) is 13.7. The number of nitrogens with one attached hydrogen (secondary N) is 1. The zero-order chi connectivity index (χ0) is 16.1. The van der Waals surface area contributed by atoms with Crippen LogP contribution in [0.25, 0.3) is 0 Å². The van der Waals surface area contributed by atoms with Gasteiger partial charge in [-0.1, -0.05) is 19.1 Å². The van der Waals surface area contributed by atoms with E-state index in [1.807, 2.05) is 42.3 Å². The van der Waals surface area contributed by atoms with Gasteiger partial charge in [-0.2, -0.15) is 0 Å². The zero-order valence-electron chi connectivity index (χ0n) is 12.9. The predicted octanol–water partition coefficient (Wildman–Crippen LogP) is 2.08. The molecule has 0 aromatic heterocycles. The molecule has 0 unspecified atom stereocenters. The molecule has 1 amide bonds. The molecule has 1 fully saturated rings. The van der Waals surface area contributed by atoms with Gasteiger partial charge < -0.3 is 10.4 Å². The quantitative estimate of drug-likeness (QED) is 0.752. The minimum absolute atomic E-state index is 0.0466. The van der Waals surface area contributed by atoms with Crippen molar-refractivity contribution in [3.63, 3.8) is 0 Å². The Labute approximate surface area is 135 Å². The Morgan fingerprint density at radius 3 is 2.64 bits per heavy atom. The van der Waals surface area contributed by atoms with Gasteiger partial charge in [-0.05, 0) is 37.8 Å². The van der Waals surface area contributed by atoms with Crippen LogP contribution in [0.4, 0.5) is 0 Å². The molecular weight excluding hydrogens is 300 g/mol. The van der Waals surface area contributed by atoms with Gasteiger partial charge in [0.1, 0.15) is 0 Å². The molecule has 2 rings (SSSR count). The van der Waals surface area contributed by atoms with Gasteiger partial charge in [0.15, 0.2) is 0 Å². The third kappa shape index (κ3) is 4.01. The fourth-order valence-electron chi connectivity index (χ4n) is 2.77. The standard InChI is InChI=1S/C16H22N2O3S/c1-3-18(10-15(19)20)12-8-11(9-12)17-16(21)13-6-4-5-7-14(13)22-2/h4-7,11-12H,3,8-10H2,1-2H3,(H,17,21)(H,19,20). The van der Waals surface area contributed by atoms with Gasteiger partial charge in [0.05, 0.1) is 12.1 Å². The maximum Gasteiger partial charge on any atom is 0.317 e. The second kappa shape index (κ2) is 7.65. The number of nitrogens with zero attached hydrogens (tertiary/aromatic N) is 1. The van der Waals surface area contributed by atoms with Crippen LogP contribution in [0.5, 0.6) is 0 Å². The van der Waals surface area contributed by atoms with E-state index in [0.29, 0.717) is 12.1 Å². The third-order valence-corrected chi connectivity index (χ3v) is 4.86. The number of carboxylic acids is 1. The average Bonchev–Trinajstić information content (AvgIpc) is 2.48. The molecule has 1 aliphatic carbocycles. The fourth-order valence-corrected chi connectivity index (χ4v) is 3.37. The molecule has 0 spiro atoms. The van der Waals surface area contributed by atoms with Crippen molar-refractivity contribution in [3.8, 4) is 0 Å². The Morgan fingerprint density at radius 2 is 2.05 bits per heavy atom. The molecule has 0 aliphatic heterocycles. The highest BCUT2D eigenvalue weighted by atomic mass is 32.2. The summed E-state index contributed by atoms with van der Waals surface area (Å²) in [6.45, 7) is 2.74. The van der Waals surface area contributed by atoms with Crippen molar-refractivity contribution in [2.24, 2.45) is 0 Å². The number of hydrogen-bond acceptors (Lipinski definition) is 4. The number of carboxylic acid groups (broad SMARTS) is 1. The number of rotatable bonds is 7. The van der Waals surface area contributed by atoms with Crippen LogP contribution in [0, 0.1) is 0 Å². The van der Waals surface area contributed by atoms with Crippen LogP contribution in [0.3, 0.4) is 0 Å². The number of aliphatic carboxylic acids is 1. The molecule has 5 nitrogen and oxygen atoms in total. The van der Waals surface area contributed by atoms with E-state index in [4.69, 9.17) is 5.11 Å². The lowest BCUT2D eigenvalue weighted by Crippen LogP contribution is -2.54. The van der Waals surface area contributed by atoms with Crippen LogP contribution in [-0.4, -0.2) is 53.3 Å². The van der Waals surface area contributed by atoms with Gasteiger partial charge in [-0.3, -0.25) is 14.5 Å². The number of thioether (sulfide) groups is 1. The van der Waals surface area contributed by atoms with E-state index in [1.54, 1.807) is 11.8 Å². The Kier molecular flexibility index (Phi) is 5.85. The summed E-state index contributed by atoms with van der Waals surface area (Å²) >= 11 is 1.56. The second-order valence-corrected chi connectivity index (χ2v) is 6.30. The summed E-state index contributed by atoms with van der Waals surface area (Å²) in [5.74, 6) is -0.849. The number of hydrogen-bond donors (Lipinski definition) is 2. The van der Waals surface area contributed by atoms with Crippen LogP contribution in [0.2, 0.25) is 0 Å². The molecule has 1 aromatic carbocycles. The maximum atomic E-state index is 12.3. The Morgan fingerprint density at radius 1 is 1.36 bits per heavy atom. The Balaban J connectivity index is 1.87. The molecule has 0 saturated heterocycles. The average molecular weight is 322 g/mol. The molecule has 0 heterocycles. The van der Waals surface area contributed by atoms with Crippen LogP contribution < -0.4 is 5.32 Å². The molecule has 6 heteroatoms. The van der Waals surface area contributed by atoms with E-state index < -0.39 is 5.97 Å². The normalized spacial score (nSPS) is 20.5. The highest BCUT2D eigenvalue weighted by molar-refractivity contribution is 7.98. The van der Waals surface area contributed by atoms with Crippen LogP contribution >= 0.6 is 11.8 Å². The van der Waals surface area contributed by atoms with E-state index in [2.05, 4.69) is 5.32 Å². The summed E-state index contributed by atoms with van der Waals surface area (Å²) in [6, 6.07) is 7.95. The number of benzene rings is 1. The first-order chi connectivity index (χ1) is 10.5. The first-order valence-electron chi connectivity index (χ1n) is 7.44. The third-order valence-electron chi connectivity index (χ3n) is 4.06. The molecule has 120 valence electrons. The van der Waals surface area contributed by atoms with Gasteiger partial charge >= 0.3 is 5.97 Å². The van der Waals surface area contributed by atoms with Crippen molar-refractivity contribution in [1.82, 2.24) is 10.2 Å². The minimum Gasteiger partial charge on any atom is -0.480 e. The summed E-state index contributed by atoms with van der Waals surface area (Å²) in [5, 5.41) is 11.9. The molecule has 1 saturated carbocycles. The lowest BCUT2D eigenvalue weighted by molar-refractivity contribution is -0.139. The van der Waals surface area contributed by atoms with Crippen molar-refractivity contribution in [1.29, 1.82) is 0 Å². The van der Waals surface area contributed by atoms with E-state index in [1.165, 1.54) is 0 Å². The monoisotopic (exact) mass is 322 g/mol. The smallest absolute Gasteiger partial charge is 0.317 e. The van der Waals surface area contributed by atoms with Crippen LogP contribution in [0.15, 0.2) is 29.2 Å². The van der Waals surface area contributed by atoms with Gasteiger partial charge in [-0.25, -0.2) is 0 Å². The summed E-state index contributed by atoms with van der Waals surface area (Å²) in [4.78, 5) is 26.0. The molecule has 0 radical (unpaired) electrons. The fraction of sp³-hybridized carbons (Fsp3) is 0.500. The van der Waals surface area contributed by atoms with Crippen LogP contribution in [0.1, 0.15) is 30.1 Å². The highest BCUT2D eigenvalue weighted by Crippen LogP contribution is 2.27. The molecule has 1 aromatic rings. The first kappa shape index (κ1) is 16.8. The van der Waals surface area contributed by atoms with Gasteiger partial charge in [-0.15, -0.1) is 11.8 Å². The maximum absolute atomic E-state index is 12.3. The van der Waals surface area contributed by atoms with Crippen molar-refractivity contribution < 1.29 is 14.7 Å². The van der Waals surface area contributed by atoms with Crippen molar-refractivity contribution in [3.05, 3.63) is 29.8 Å². The Bertz CT molecular complexity index is 544. The number of amides is 1. The summed E-state index contributed by atoms with van der Waals surface area (Å²) in [7, 11) is 0. The van der Waals surface area contributed by atoms with Crippen LogP contribution in [-0.2, 0) is 4.79 Å². The van der Waals surface area contributed by atoms with Crippen molar-refractivity contribution in [2.75, 3.05) is 19.3 Å².